The van der Waals surface area contributed by atoms with E-state index in [9.17, 15) is 4.39 Å². The first-order valence-corrected chi connectivity index (χ1v) is 7.21. The molecule has 0 bridgehead atoms. The van der Waals surface area contributed by atoms with Crippen molar-refractivity contribution < 1.29 is 9.13 Å². The number of aryl methyl sites for hydroxylation is 2. The highest BCUT2D eigenvalue weighted by Crippen LogP contribution is 2.27. The molecular weight excluding hydrogens is 289 g/mol. The van der Waals surface area contributed by atoms with Gasteiger partial charge in [0.25, 0.3) is 0 Å². The topological polar surface area (TPSA) is 21.3 Å². The molecule has 0 radical (unpaired) electrons. The molecule has 0 aliphatic heterocycles. The molecule has 0 spiro atoms. The van der Waals surface area contributed by atoms with Gasteiger partial charge in [-0.2, -0.15) is 0 Å². The van der Waals surface area contributed by atoms with Crippen molar-refractivity contribution in [3.8, 4) is 5.75 Å². The zero-order valence-electron chi connectivity index (χ0n) is 12.5. The van der Waals surface area contributed by atoms with Gasteiger partial charge in [-0.15, -0.1) is 0 Å². The van der Waals surface area contributed by atoms with Gasteiger partial charge in [0, 0.05) is 12.1 Å². The van der Waals surface area contributed by atoms with Crippen LogP contribution in [0, 0.1) is 19.7 Å². The molecule has 0 amide bonds. The Morgan fingerprint density at radius 1 is 1.19 bits per heavy atom. The average Bonchev–Trinajstić information content (AvgIpc) is 2.42. The second-order valence-corrected chi connectivity index (χ2v) is 5.50. The van der Waals surface area contributed by atoms with E-state index in [2.05, 4.69) is 17.4 Å². The van der Waals surface area contributed by atoms with Crippen molar-refractivity contribution in [1.82, 2.24) is 5.32 Å². The van der Waals surface area contributed by atoms with Crippen LogP contribution >= 0.6 is 11.6 Å². The van der Waals surface area contributed by atoms with Crippen molar-refractivity contribution in [3.05, 3.63) is 63.4 Å². The predicted molar refractivity (Wildman–Crippen MR) is 84.4 cm³/mol. The molecule has 0 unspecified atom stereocenters. The molecule has 1 N–H and O–H groups in total. The van der Waals surface area contributed by atoms with Gasteiger partial charge in [-0.3, -0.25) is 0 Å². The SMILES string of the molecule is CNCc1cc(C)c(OCc2cccc(Cl)c2F)c(C)c1. The third-order valence-electron chi connectivity index (χ3n) is 3.30. The summed E-state index contributed by atoms with van der Waals surface area (Å²) < 4.78 is 19.7. The Hall–Kier alpha value is -1.58. The molecular formula is C17H19ClFNO. The Kier molecular flexibility index (Phi) is 5.21. The Balaban J connectivity index is 2.18. The van der Waals surface area contributed by atoms with E-state index in [0.29, 0.717) is 5.56 Å². The van der Waals surface area contributed by atoms with Crippen LogP contribution in [0.3, 0.4) is 0 Å². The molecule has 0 aliphatic carbocycles. The summed E-state index contributed by atoms with van der Waals surface area (Å²) >= 11 is 5.78. The molecule has 0 atom stereocenters. The molecule has 2 aromatic carbocycles. The van der Waals surface area contributed by atoms with Crippen molar-refractivity contribution in [2.45, 2.75) is 27.0 Å². The molecule has 4 heteroatoms. The van der Waals surface area contributed by atoms with Crippen LogP contribution in [0.5, 0.6) is 5.75 Å². The van der Waals surface area contributed by atoms with Crippen LogP contribution in [0.2, 0.25) is 5.02 Å². The molecule has 0 fully saturated rings. The zero-order valence-corrected chi connectivity index (χ0v) is 13.2. The zero-order chi connectivity index (χ0) is 15.4. The summed E-state index contributed by atoms with van der Waals surface area (Å²) in [4.78, 5) is 0. The second-order valence-electron chi connectivity index (χ2n) is 5.09. The standard InChI is InChI=1S/C17H19ClFNO/c1-11-7-13(9-20-3)8-12(2)17(11)21-10-14-5-4-6-15(18)16(14)19/h4-8,20H,9-10H2,1-3H3. The van der Waals surface area contributed by atoms with E-state index in [0.717, 1.165) is 23.4 Å². The lowest BCUT2D eigenvalue weighted by Gasteiger charge is -2.14. The van der Waals surface area contributed by atoms with Crippen molar-refractivity contribution in [2.24, 2.45) is 0 Å². The van der Waals surface area contributed by atoms with Gasteiger partial charge in [-0.1, -0.05) is 35.9 Å². The largest absolute Gasteiger partial charge is 0.488 e. The lowest BCUT2D eigenvalue weighted by Crippen LogP contribution is -2.07. The second kappa shape index (κ2) is 6.92. The molecule has 0 aliphatic rings. The molecule has 0 saturated carbocycles. The highest BCUT2D eigenvalue weighted by atomic mass is 35.5. The van der Waals surface area contributed by atoms with Gasteiger partial charge in [-0.05, 0) is 43.7 Å². The van der Waals surface area contributed by atoms with E-state index in [4.69, 9.17) is 16.3 Å². The maximum atomic E-state index is 13.8. The maximum absolute atomic E-state index is 13.8. The summed E-state index contributed by atoms with van der Waals surface area (Å²) in [5.74, 6) is 0.385. The first-order valence-electron chi connectivity index (χ1n) is 6.83. The summed E-state index contributed by atoms with van der Waals surface area (Å²) in [6.45, 7) is 4.97. The van der Waals surface area contributed by atoms with E-state index >= 15 is 0 Å². The van der Waals surface area contributed by atoms with Crippen LogP contribution in [0.25, 0.3) is 0 Å². The van der Waals surface area contributed by atoms with Gasteiger partial charge < -0.3 is 10.1 Å². The molecule has 21 heavy (non-hydrogen) atoms. The number of benzene rings is 2. The van der Waals surface area contributed by atoms with Gasteiger partial charge in [-0.25, -0.2) is 4.39 Å². The van der Waals surface area contributed by atoms with Crippen LogP contribution in [0.15, 0.2) is 30.3 Å². The molecule has 2 rings (SSSR count). The minimum Gasteiger partial charge on any atom is -0.488 e. The molecule has 0 aromatic heterocycles. The Morgan fingerprint density at radius 2 is 1.86 bits per heavy atom. The summed E-state index contributed by atoms with van der Waals surface area (Å²) in [6, 6.07) is 9.09. The average molecular weight is 308 g/mol. The van der Waals surface area contributed by atoms with Crippen LogP contribution in [0.4, 0.5) is 4.39 Å². The summed E-state index contributed by atoms with van der Waals surface area (Å²) in [7, 11) is 1.91. The number of nitrogens with one attached hydrogen (secondary N) is 1. The molecule has 2 nitrogen and oxygen atoms in total. The maximum Gasteiger partial charge on any atom is 0.148 e. The third kappa shape index (κ3) is 3.74. The number of hydrogen-bond donors (Lipinski definition) is 1. The summed E-state index contributed by atoms with van der Waals surface area (Å²) in [6.07, 6.45) is 0. The van der Waals surface area contributed by atoms with Gasteiger partial charge in [0.15, 0.2) is 0 Å². The van der Waals surface area contributed by atoms with Crippen molar-refractivity contribution >= 4 is 11.6 Å². The van der Waals surface area contributed by atoms with E-state index in [1.165, 1.54) is 11.6 Å². The van der Waals surface area contributed by atoms with E-state index in [-0.39, 0.29) is 11.6 Å². The molecule has 2 aromatic rings. The van der Waals surface area contributed by atoms with Crippen LogP contribution < -0.4 is 10.1 Å². The third-order valence-corrected chi connectivity index (χ3v) is 3.60. The number of halogens is 2. The van der Waals surface area contributed by atoms with Crippen LogP contribution in [-0.2, 0) is 13.2 Å². The van der Waals surface area contributed by atoms with Gasteiger partial charge in [0.05, 0.1) is 5.02 Å². The quantitative estimate of drug-likeness (QED) is 0.884. The minimum absolute atomic E-state index is 0.119. The summed E-state index contributed by atoms with van der Waals surface area (Å²) in [5, 5.41) is 3.24. The number of hydrogen-bond acceptors (Lipinski definition) is 2. The normalized spacial score (nSPS) is 10.7. The fraction of sp³-hybridized carbons (Fsp3) is 0.294. The summed E-state index contributed by atoms with van der Waals surface area (Å²) in [5.41, 5.74) is 3.75. The highest BCUT2D eigenvalue weighted by molar-refractivity contribution is 6.30. The minimum atomic E-state index is -0.415. The lowest BCUT2D eigenvalue weighted by atomic mass is 10.1. The molecule has 112 valence electrons. The first-order chi connectivity index (χ1) is 10.0. The van der Waals surface area contributed by atoms with Crippen molar-refractivity contribution in [1.29, 1.82) is 0 Å². The van der Waals surface area contributed by atoms with E-state index in [1.54, 1.807) is 12.1 Å². The molecule has 0 heterocycles. The van der Waals surface area contributed by atoms with E-state index in [1.807, 2.05) is 20.9 Å². The fourth-order valence-corrected chi connectivity index (χ4v) is 2.58. The first kappa shape index (κ1) is 15.8. The predicted octanol–water partition coefficient (Wildman–Crippen LogP) is 4.39. The van der Waals surface area contributed by atoms with Crippen LogP contribution in [-0.4, -0.2) is 7.05 Å². The van der Waals surface area contributed by atoms with Gasteiger partial charge in [0.1, 0.15) is 18.2 Å². The number of ether oxygens (including phenoxy) is 1. The Labute approximate surface area is 129 Å². The van der Waals surface area contributed by atoms with Crippen molar-refractivity contribution in [2.75, 3.05) is 7.05 Å². The van der Waals surface area contributed by atoms with Gasteiger partial charge >= 0.3 is 0 Å². The lowest BCUT2D eigenvalue weighted by molar-refractivity contribution is 0.295. The monoisotopic (exact) mass is 307 g/mol. The molecule has 0 saturated heterocycles. The van der Waals surface area contributed by atoms with Crippen molar-refractivity contribution in [3.63, 3.8) is 0 Å². The smallest absolute Gasteiger partial charge is 0.148 e. The van der Waals surface area contributed by atoms with E-state index < -0.39 is 5.82 Å². The fourth-order valence-electron chi connectivity index (χ4n) is 2.38. The Bertz CT molecular complexity index is 620. The number of rotatable bonds is 5. The van der Waals surface area contributed by atoms with Gasteiger partial charge in [0.2, 0.25) is 0 Å². The Morgan fingerprint density at radius 3 is 2.48 bits per heavy atom. The van der Waals surface area contributed by atoms with Crippen LogP contribution in [0.1, 0.15) is 22.3 Å². The highest BCUT2D eigenvalue weighted by Gasteiger charge is 2.10.